The molecule has 1 aliphatic heterocycles. The fourth-order valence-corrected chi connectivity index (χ4v) is 1.12. The fraction of sp³-hybridized carbons (Fsp3) is 0.462. The van der Waals surface area contributed by atoms with E-state index in [9.17, 15) is 0 Å². The van der Waals surface area contributed by atoms with Crippen LogP contribution >= 0.6 is 0 Å². The maximum Gasteiger partial charge on any atom is 0.0819 e. The summed E-state index contributed by atoms with van der Waals surface area (Å²) in [5.41, 5.74) is 4.23. The SMILES string of the molecule is C=C1C=CC(/N=C(\C)C(C)(C)C)=C(C)N1. The second-order valence-electron chi connectivity index (χ2n) is 4.94. The van der Waals surface area contributed by atoms with Gasteiger partial charge in [-0.3, -0.25) is 4.99 Å². The molecule has 0 aliphatic carbocycles. The average molecular weight is 204 g/mol. The van der Waals surface area contributed by atoms with Crippen molar-refractivity contribution in [2.75, 3.05) is 0 Å². The molecule has 1 rings (SSSR count). The molecule has 0 radical (unpaired) electrons. The van der Waals surface area contributed by atoms with Crippen molar-refractivity contribution in [2.24, 2.45) is 10.4 Å². The van der Waals surface area contributed by atoms with E-state index in [1.165, 1.54) is 0 Å². The summed E-state index contributed by atoms with van der Waals surface area (Å²) in [5, 5.41) is 3.18. The van der Waals surface area contributed by atoms with Gasteiger partial charge in [-0.25, -0.2) is 0 Å². The van der Waals surface area contributed by atoms with E-state index in [2.05, 4.69) is 44.6 Å². The first-order valence-electron chi connectivity index (χ1n) is 5.21. The van der Waals surface area contributed by atoms with Gasteiger partial charge >= 0.3 is 0 Å². The maximum atomic E-state index is 4.63. The van der Waals surface area contributed by atoms with Gasteiger partial charge in [-0.05, 0) is 31.4 Å². The third-order valence-electron chi connectivity index (χ3n) is 2.55. The van der Waals surface area contributed by atoms with Crippen molar-refractivity contribution in [1.29, 1.82) is 0 Å². The van der Waals surface area contributed by atoms with Gasteiger partial charge in [-0.1, -0.05) is 27.4 Å². The zero-order valence-corrected chi connectivity index (χ0v) is 10.3. The van der Waals surface area contributed by atoms with Gasteiger partial charge in [0.1, 0.15) is 0 Å². The number of dihydropyridines is 1. The summed E-state index contributed by atoms with van der Waals surface area (Å²) in [6, 6.07) is 0. The molecule has 0 bridgehead atoms. The monoisotopic (exact) mass is 204 g/mol. The van der Waals surface area contributed by atoms with Crippen LogP contribution in [0, 0.1) is 5.41 Å². The van der Waals surface area contributed by atoms with E-state index in [0.29, 0.717) is 0 Å². The summed E-state index contributed by atoms with van der Waals surface area (Å²) >= 11 is 0. The summed E-state index contributed by atoms with van der Waals surface area (Å²) in [5.74, 6) is 0. The third-order valence-corrected chi connectivity index (χ3v) is 2.55. The Bertz CT molecular complexity index is 362. The molecule has 0 aromatic carbocycles. The van der Waals surface area contributed by atoms with Crippen LogP contribution in [0.15, 0.2) is 40.8 Å². The molecule has 1 aliphatic rings. The van der Waals surface area contributed by atoms with Gasteiger partial charge in [0.15, 0.2) is 0 Å². The van der Waals surface area contributed by atoms with Crippen LogP contribution < -0.4 is 5.32 Å². The minimum atomic E-state index is 0.121. The van der Waals surface area contributed by atoms with E-state index >= 15 is 0 Å². The second-order valence-corrected chi connectivity index (χ2v) is 4.94. The lowest BCUT2D eigenvalue weighted by Crippen LogP contribution is -2.18. The molecule has 0 saturated heterocycles. The molecule has 82 valence electrons. The molecule has 1 heterocycles. The topological polar surface area (TPSA) is 24.4 Å². The van der Waals surface area contributed by atoms with E-state index in [1.807, 2.05) is 19.1 Å². The van der Waals surface area contributed by atoms with Crippen LogP contribution in [0.2, 0.25) is 0 Å². The summed E-state index contributed by atoms with van der Waals surface area (Å²) in [6.45, 7) is 14.4. The molecule has 0 atom stereocenters. The van der Waals surface area contributed by atoms with E-state index in [-0.39, 0.29) is 5.41 Å². The normalized spacial score (nSPS) is 18.2. The highest BCUT2D eigenvalue weighted by molar-refractivity contribution is 5.88. The molecule has 0 amide bonds. The Kier molecular flexibility index (Phi) is 3.18. The highest BCUT2D eigenvalue weighted by Gasteiger charge is 2.15. The van der Waals surface area contributed by atoms with Crippen LogP contribution in [-0.2, 0) is 0 Å². The van der Waals surface area contributed by atoms with Crippen molar-refractivity contribution in [3.8, 4) is 0 Å². The van der Waals surface area contributed by atoms with E-state index < -0.39 is 0 Å². The molecular weight excluding hydrogens is 184 g/mol. The minimum absolute atomic E-state index is 0.121. The molecule has 0 saturated carbocycles. The molecule has 0 unspecified atom stereocenters. The van der Waals surface area contributed by atoms with Crippen molar-refractivity contribution in [3.63, 3.8) is 0 Å². The lowest BCUT2D eigenvalue weighted by molar-refractivity contribution is 0.587. The van der Waals surface area contributed by atoms with Crippen LogP contribution in [0.25, 0.3) is 0 Å². The van der Waals surface area contributed by atoms with Gasteiger partial charge in [-0.15, -0.1) is 0 Å². The Morgan fingerprint density at radius 3 is 2.40 bits per heavy atom. The van der Waals surface area contributed by atoms with Crippen molar-refractivity contribution in [2.45, 2.75) is 34.6 Å². The maximum absolute atomic E-state index is 4.63. The quantitative estimate of drug-likeness (QED) is 0.650. The van der Waals surface area contributed by atoms with Gasteiger partial charge in [0, 0.05) is 17.1 Å². The van der Waals surface area contributed by atoms with Gasteiger partial charge in [0.2, 0.25) is 0 Å². The molecule has 15 heavy (non-hydrogen) atoms. The Morgan fingerprint density at radius 2 is 1.93 bits per heavy atom. The highest BCUT2D eigenvalue weighted by atomic mass is 14.9. The van der Waals surface area contributed by atoms with Gasteiger partial charge in [-0.2, -0.15) is 0 Å². The van der Waals surface area contributed by atoms with Crippen LogP contribution in [0.4, 0.5) is 0 Å². The standard InChI is InChI=1S/C13H20N2/c1-9-7-8-12(10(2)14-9)15-11(3)13(4,5)6/h7-8,14H,1H2,2-6H3/b15-11+. The Hall–Kier alpha value is -1.31. The van der Waals surface area contributed by atoms with Gasteiger partial charge in [0.05, 0.1) is 5.70 Å². The van der Waals surface area contributed by atoms with Crippen molar-refractivity contribution < 1.29 is 0 Å². The fourth-order valence-electron chi connectivity index (χ4n) is 1.12. The number of nitrogens with zero attached hydrogens (tertiary/aromatic N) is 1. The molecule has 0 fully saturated rings. The number of nitrogens with one attached hydrogen (secondary N) is 1. The highest BCUT2D eigenvalue weighted by Crippen LogP contribution is 2.20. The van der Waals surface area contributed by atoms with E-state index in [4.69, 9.17) is 0 Å². The predicted molar refractivity (Wildman–Crippen MR) is 66.7 cm³/mol. The molecule has 0 spiro atoms. The smallest absolute Gasteiger partial charge is 0.0819 e. The average Bonchev–Trinajstić information content (AvgIpc) is 2.08. The largest absolute Gasteiger partial charge is 0.358 e. The van der Waals surface area contributed by atoms with Crippen molar-refractivity contribution >= 4 is 5.71 Å². The van der Waals surface area contributed by atoms with Crippen LogP contribution in [0.3, 0.4) is 0 Å². The summed E-state index contributed by atoms with van der Waals surface area (Å²) in [4.78, 5) is 4.63. The summed E-state index contributed by atoms with van der Waals surface area (Å²) in [7, 11) is 0. The van der Waals surface area contributed by atoms with Gasteiger partial charge in [0.25, 0.3) is 0 Å². The van der Waals surface area contributed by atoms with Crippen molar-refractivity contribution in [3.05, 3.63) is 35.8 Å². The van der Waals surface area contributed by atoms with Crippen LogP contribution in [-0.4, -0.2) is 5.71 Å². The first-order valence-corrected chi connectivity index (χ1v) is 5.21. The molecule has 0 aromatic heterocycles. The van der Waals surface area contributed by atoms with E-state index in [0.717, 1.165) is 22.8 Å². The minimum Gasteiger partial charge on any atom is -0.358 e. The van der Waals surface area contributed by atoms with E-state index in [1.54, 1.807) is 0 Å². The Balaban J connectivity index is 2.97. The first kappa shape index (κ1) is 11.8. The first-order chi connectivity index (χ1) is 6.80. The molecular formula is C13H20N2. The summed E-state index contributed by atoms with van der Waals surface area (Å²) in [6.07, 6.45) is 3.95. The number of rotatable bonds is 1. The summed E-state index contributed by atoms with van der Waals surface area (Å²) < 4.78 is 0. The number of aliphatic imine (C=N–C) groups is 1. The molecule has 1 N–H and O–H groups in total. The Labute approximate surface area is 92.5 Å². The number of allylic oxidation sites excluding steroid dienone is 3. The third kappa shape index (κ3) is 3.08. The molecule has 2 nitrogen and oxygen atoms in total. The lowest BCUT2D eigenvalue weighted by Gasteiger charge is -2.20. The predicted octanol–water partition coefficient (Wildman–Crippen LogP) is 3.40. The van der Waals surface area contributed by atoms with Crippen molar-refractivity contribution in [1.82, 2.24) is 5.32 Å². The lowest BCUT2D eigenvalue weighted by atomic mass is 9.91. The van der Waals surface area contributed by atoms with Gasteiger partial charge < -0.3 is 5.32 Å². The zero-order chi connectivity index (χ0) is 11.6. The molecule has 0 aromatic rings. The number of hydrogen-bond donors (Lipinski definition) is 1. The number of hydrogen-bond acceptors (Lipinski definition) is 2. The second kappa shape index (κ2) is 4.05. The zero-order valence-electron chi connectivity index (χ0n) is 10.3. The van der Waals surface area contributed by atoms with Crippen LogP contribution in [0.5, 0.6) is 0 Å². The van der Waals surface area contributed by atoms with Crippen LogP contribution in [0.1, 0.15) is 34.6 Å². The Morgan fingerprint density at radius 1 is 1.33 bits per heavy atom. The molecule has 2 heteroatoms.